The quantitative estimate of drug-likeness (QED) is 0.338. The normalized spacial score (nSPS) is 15.3. The van der Waals surface area contributed by atoms with E-state index in [-0.39, 0.29) is 22.8 Å². The number of halogens is 1. The minimum Gasteiger partial charge on any atom is -0.478 e. The third kappa shape index (κ3) is 5.23. The molecule has 1 aliphatic rings. The summed E-state index contributed by atoms with van der Waals surface area (Å²) in [6, 6.07) is 16.0. The second kappa shape index (κ2) is 10.5. The molecule has 10 heteroatoms. The molecule has 0 aliphatic carbocycles. The highest BCUT2D eigenvalue weighted by molar-refractivity contribution is 7.07. The first kappa shape index (κ1) is 26.4. The largest absolute Gasteiger partial charge is 0.478 e. The van der Waals surface area contributed by atoms with Gasteiger partial charge in [-0.15, -0.1) is 0 Å². The van der Waals surface area contributed by atoms with Gasteiger partial charge in [0.25, 0.3) is 5.56 Å². The number of carbonyl (C=O) groups excluding carboxylic acids is 1. The molecule has 1 unspecified atom stereocenters. The predicted molar refractivity (Wildman–Crippen MR) is 148 cm³/mol. The molecule has 1 N–H and O–H groups in total. The van der Waals surface area contributed by atoms with Crippen molar-refractivity contribution in [3.63, 3.8) is 0 Å². The van der Waals surface area contributed by atoms with Crippen molar-refractivity contribution in [2.24, 2.45) is 4.99 Å². The number of allylic oxidation sites excluding steroid dienone is 1. The van der Waals surface area contributed by atoms with E-state index in [1.165, 1.54) is 28.0 Å². The van der Waals surface area contributed by atoms with Gasteiger partial charge in [0.2, 0.25) is 0 Å². The molecule has 0 fully saturated rings. The summed E-state index contributed by atoms with van der Waals surface area (Å²) >= 11 is 7.30. The van der Waals surface area contributed by atoms with Gasteiger partial charge in [0.05, 0.1) is 33.5 Å². The van der Waals surface area contributed by atoms with E-state index in [9.17, 15) is 14.4 Å². The maximum absolute atomic E-state index is 13.7. The average Bonchev–Trinajstić information content (AvgIpc) is 3.48. The standard InChI is InChI=1S/C29H23ClN2O6S/c1-15(2)37-28(36)24-16(3)31-29-32(25(24)18-8-10-20(30)11-9-18)26(33)23(39-29)14-21-12-13-22(38-21)17-4-6-19(7-5-17)27(34)35/h4-15,25H,1-3H3,(H,34,35). The number of fused-ring (bicyclic) bond motifs is 1. The first-order chi connectivity index (χ1) is 18.6. The average molecular weight is 563 g/mol. The van der Waals surface area contributed by atoms with Crippen LogP contribution in [0.2, 0.25) is 5.02 Å². The lowest BCUT2D eigenvalue weighted by atomic mass is 9.96. The number of carbonyl (C=O) groups is 2. The maximum atomic E-state index is 13.7. The van der Waals surface area contributed by atoms with Crippen LogP contribution in [-0.4, -0.2) is 27.7 Å². The van der Waals surface area contributed by atoms with E-state index in [1.807, 2.05) is 0 Å². The molecule has 1 atom stereocenters. The Bertz CT molecular complexity index is 1790. The number of carboxylic acid groups (broad SMARTS) is 1. The number of aromatic nitrogens is 1. The summed E-state index contributed by atoms with van der Waals surface area (Å²) in [4.78, 5) is 43.0. The van der Waals surface area contributed by atoms with Gasteiger partial charge < -0.3 is 14.3 Å². The van der Waals surface area contributed by atoms with Gasteiger partial charge >= 0.3 is 11.9 Å². The Balaban J connectivity index is 1.59. The van der Waals surface area contributed by atoms with Crippen molar-refractivity contribution in [3.8, 4) is 11.3 Å². The van der Waals surface area contributed by atoms with Gasteiger partial charge in [-0.25, -0.2) is 14.6 Å². The van der Waals surface area contributed by atoms with Gasteiger partial charge in [-0.1, -0.05) is 47.2 Å². The third-order valence-corrected chi connectivity index (χ3v) is 7.32. The van der Waals surface area contributed by atoms with Gasteiger partial charge in [0.15, 0.2) is 4.80 Å². The number of nitrogens with zero attached hydrogens (tertiary/aromatic N) is 2. The van der Waals surface area contributed by atoms with Gasteiger partial charge in [0, 0.05) is 16.7 Å². The highest BCUT2D eigenvalue weighted by atomic mass is 35.5. The Morgan fingerprint density at radius 1 is 1.10 bits per heavy atom. The van der Waals surface area contributed by atoms with Crippen molar-refractivity contribution < 1.29 is 23.8 Å². The van der Waals surface area contributed by atoms with Crippen LogP contribution < -0.4 is 14.9 Å². The molecule has 39 heavy (non-hydrogen) atoms. The fraction of sp³-hybridized carbons (Fsp3) is 0.172. The lowest BCUT2D eigenvalue weighted by Crippen LogP contribution is -2.40. The van der Waals surface area contributed by atoms with E-state index >= 15 is 0 Å². The lowest BCUT2D eigenvalue weighted by Gasteiger charge is -2.25. The minimum atomic E-state index is -1.01. The summed E-state index contributed by atoms with van der Waals surface area (Å²) in [6.07, 6.45) is 1.28. The van der Waals surface area contributed by atoms with Gasteiger partial charge in [0.1, 0.15) is 11.5 Å². The molecule has 0 saturated heterocycles. The summed E-state index contributed by atoms with van der Waals surface area (Å²) in [7, 11) is 0. The molecule has 0 radical (unpaired) electrons. The van der Waals surface area contributed by atoms with E-state index < -0.39 is 18.0 Å². The first-order valence-electron chi connectivity index (χ1n) is 12.0. The van der Waals surface area contributed by atoms with Gasteiger partial charge in [-0.3, -0.25) is 9.36 Å². The lowest BCUT2D eigenvalue weighted by molar-refractivity contribution is -0.143. The molecule has 1 aliphatic heterocycles. The number of carboxylic acids is 1. The fourth-order valence-electron chi connectivity index (χ4n) is 4.31. The van der Waals surface area contributed by atoms with E-state index in [0.29, 0.717) is 42.7 Å². The van der Waals surface area contributed by atoms with E-state index in [4.69, 9.17) is 25.9 Å². The SMILES string of the molecule is CC1=C(C(=O)OC(C)C)C(c2ccc(Cl)cc2)n2c(sc(=Cc3ccc(-c4ccc(C(=O)O)cc4)o3)c2=O)=N1. The highest BCUT2D eigenvalue weighted by Crippen LogP contribution is 2.31. The molecule has 5 rings (SSSR count). The number of hydrogen-bond donors (Lipinski definition) is 1. The Labute approximate surface area is 231 Å². The second-order valence-corrected chi connectivity index (χ2v) is 10.6. The monoisotopic (exact) mass is 562 g/mol. The van der Waals surface area contributed by atoms with Gasteiger partial charge in [-0.05, 0) is 62.7 Å². The van der Waals surface area contributed by atoms with Crippen LogP contribution in [0.15, 0.2) is 86.1 Å². The van der Waals surface area contributed by atoms with Gasteiger partial charge in [-0.2, -0.15) is 0 Å². The Hall–Kier alpha value is -4.21. The molecule has 0 spiro atoms. The highest BCUT2D eigenvalue weighted by Gasteiger charge is 2.33. The Morgan fingerprint density at radius 3 is 2.44 bits per heavy atom. The number of ether oxygens (including phenoxy) is 1. The van der Waals surface area contributed by atoms with E-state index in [2.05, 4.69) is 4.99 Å². The zero-order chi connectivity index (χ0) is 27.8. The van der Waals surface area contributed by atoms with Crippen LogP contribution in [0, 0.1) is 0 Å². The summed E-state index contributed by atoms with van der Waals surface area (Å²) in [5.74, 6) is -0.578. The molecule has 0 saturated carbocycles. The number of aromatic carboxylic acids is 1. The number of esters is 1. The Morgan fingerprint density at radius 2 is 1.79 bits per heavy atom. The zero-order valence-electron chi connectivity index (χ0n) is 21.2. The molecular formula is C29H23ClN2O6S. The fourth-order valence-corrected chi connectivity index (χ4v) is 5.47. The second-order valence-electron chi connectivity index (χ2n) is 9.17. The van der Waals surface area contributed by atoms with Crippen molar-refractivity contribution in [1.82, 2.24) is 4.57 Å². The summed E-state index contributed by atoms with van der Waals surface area (Å²) < 4.78 is 13.3. The van der Waals surface area contributed by atoms with E-state index in [1.54, 1.807) is 75.4 Å². The van der Waals surface area contributed by atoms with Crippen LogP contribution in [0.25, 0.3) is 17.4 Å². The molecule has 4 aromatic rings. The number of thiazole rings is 1. The maximum Gasteiger partial charge on any atom is 0.338 e. The van der Waals surface area contributed by atoms with E-state index in [0.717, 1.165) is 0 Å². The molecule has 2 aromatic heterocycles. The Kier molecular flexibility index (Phi) is 7.12. The smallest absolute Gasteiger partial charge is 0.338 e. The predicted octanol–water partition coefficient (Wildman–Crippen LogP) is 4.80. The van der Waals surface area contributed by atoms with Crippen molar-refractivity contribution >= 4 is 41.0 Å². The first-order valence-corrected chi connectivity index (χ1v) is 13.2. The summed E-state index contributed by atoms with van der Waals surface area (Å²) in [5, 5.41) is 9.65. The minimum absolute atomic E-state index is 0.175. The summed E-state index contributed by atoms with van der Waals surface area (Å²) in [5.41, 5.74) is 2.00. The molecular weight excluding hydrogens is 540 g/mol. The van der Waals surface area contributed by atoms with Crippen molar-refractivity contribution in [2.45, 2.75) is 32.9 Å². The number of furan rings is 1. The topological polar surface area (TPSA) is 111 Å². The van der Waals surface area contributed by atoms with Crippen LogP contribution >= 0.6 is 22.9 Å². The molecule has 198 valence electrons. The summed E-state index contributed by atoms with van der Waals surface area (Å²) in [6.45, 7) is 5.25. The number of hydrogen-bond acceptors (Lipinski definition) is 7. The van der Waals surface area contributed by atoms with Crippen LogP contribution in [0.3, 0.4) is 0 Å². The zero-order valence-corrected chi connectivity index (χ0v) is 22.7. The molecule has 0 bridgehead atoms. The van der Waals surface area contributed by atoms with Crippen molar-refractivity contribution in [3.05, 3.63) is 114 Å². The number of benzene rings is 2. The third-order valence-electron chi connectivity index (χ3n) is 6.09. The van der Waals surface area contributed by atoms with Crippen LogP contribution in [0.4, 0.5) is 0 Å². The molecule has 3 heterocycles. The van der Waals surface area contributed by atoms with Crippen LogP contribution in [0.5, 0.6) is 0 Å². The van der Waals surface area contributed by atoms with Crippen molar-refractivity contribution in [2.75, 3.05) is 0 Å². The van der Waals surface area contributed by atoms with Crippen molar-refractivity contribution in [1.29, 1.82) is 0 Å². The molecule has 0 amide bonds. The molecule has 2 aromatic carbocycles. The molecule has 8 nitrogen and oxygen atoms in total. The van der Waals surface area contributed by atoms with Crippen LogP contribution in [0.1, 0.15) is 48.5 Å². The number of rotatable bonds is 6. The van der Waals surface area contributed by atoms with Crippen LogP contribution in [-0.2, 0) is 9.53 Å².